The summed E-state index contributed by atoms with van der Waals surface area (Å²) in [5.74, 6) is -2.13. The fraction of sp³-hybridized carbons (Fsp3) is 0.447. The number of fused-ring (bicyclic) bond motifs is 2. The molecule has 3 aliphatic rings. The molecule has 294 valence electrons. The molecule has 1 atom stereocenters. The number of piperidine rings is 1. The van der Waals surface area contributed by atoms with Gasteiger partial charge < -0.3 is 15.0 Å². The van der Waals surface area contributed by atoms with Crippen molar-refractivity contribution in [2.45, 2.75) is 56.8 Å². The maximum atomic E-state index is 13.4. The summed E-state index contributed by atoms with van der Waals surface area (Å²) in [6, 6.07) is 9.78. The molecule has 2 saturated heterocycles. The van der Waals surface area contributed by atoms with Gasteiger partial charge in [0.2, 0.25) is 17.6 Å². The highest BCUT2D eigenvalue weighted by Gasteiger charge is 2.36. The van der Waals surface area contributed by atoms with Crippen LogP contribution in [0, 0.1) is 5.92 Å². The van der Waals surface area contributed by atoms with Crippen molar-refractivity contribution in [1.29, 1.82) is 0 Å². The molecule has 5 heterocycles. The van der Waals surface area contributed by atoms with E-state index < -0.39 is 35.6 Å². The number of imidazole rings is 1. The third-order valence-corrected chi connectivity index (χ3v) is 11.3. The molecule has 3 fully saturated rings. The van der Waals surface area contributed by atoms with E-state index in [9.17, 15) is 32.3 Å². The summed E-state index contributed by atoms with van der Waals surface area (Å²) in [5, 5.41) is 10.6. The second kappa shape index (κ2) is 14.7. The van der Waals surface area contributed by atoms with E-state index in [0.717, 1.165) is 87.3 Å². The normalized spacial score (nSPS) is 21.1. The van der Waals surface area contributed by atoms with Crippen molar-refractivity contribution in [3.8, 4) is 5.75 Å². The molecule has 56 heavy (non-hydrogen) atoms. The number of piperazine rings is 1. The first-order valence-corrected chi connectivity index (χ1v) is 18.7. The number of carbonyl (C=O) groups excluding carboxylic acids is 3. The number of hydrogen-bond donors (Lipinski definition) is 2. The largest absolute Gasteiger partial charge is 0.494 e. The Morgan fingerprint density at radius 2 is 1.79 bits per heavy atom. The number of aryl methyl sites for hydroxylation is 1. The van der Waals surface area contributed by atoms with Gasteiger partial charge in [0.15, 0.2) is 0 Å². The molecule has 1 unspecified atom stereocenters. The van der Waals surface area contributed by atoms with Crippen LogP contribution in [0.1, 0.15) is 66.9 Å². The van der Waals surface area contributed by atoms with Gasteiger partial charge in [-0.25, -0.2) is 14.8 Å². The fourth-order valence-electron chi connectivity index (χ4n) is 8.36. The quantitative estimate of drug-likeness (QED) is 0.218. The van der Waals surface area contributed by atoms with E-state index in [-0.39, 0.29) is 29.7 Å². The smallest absolute Gasteiger partial charge is 0.451 e. The summed E-state index contributed by atoms with van der Waals surface area (Å²) in [5.41, 5.74) is 2.68. The Kier molecular flexibility index (Phi) is 9.76. The minimum atomic E-state index is -4.78. The van der Waals surface area contributed by atoms with E-state index in [1.165, 1.54) is 11.7 Å². The molecule has 0 radical (unpaired) electrons. The van der Waals surface area contributed by atoms with Crippen LogP contribution in [-0.4, -0.2) is 91.3 Å². The summed E-state index contributed by atoms with van der Waals surface area (Å²) < 4.78 is 49.9. The average Bonchev–Trinajstić information content (AvgIpc) is 3.72. The third kappa shape index (κ3) is 7.08. The molecule has 2 N–H and O–H groups in total. The van der Waals surface area contributed by atoms with Gasteiger partial charge in [-0.05, 0) is 62.3 Å². The van der Waals surface area contributed by atoms with Crippen LogP contribution in [0.5, 0.6) is 5.75 Å². The summed E-state index contributed by atoms with van der Waals surface area (Å²) in [6.07, 6.45) is 2.51. The number of carbonyl (C=O) groups is 3. The number of anilines is 2. The van der Waals surface area contributed by atoms with Gasteiger partial charge >= 0.3 is 11.9 Å². The van der Waals surface area contributed by atoms with Crippen molar-refractivity contribution in [1.82, 2.24) is 39.1 Å². The SMILES string of the molecule is COc1cc2nn([C@H]3CC[C@H](CN4CCN(c5cccc6c5n(C)c(=O)n6C5CCC(=O)NC5=O)CC4)CC3)cc2cc1NC(=O)c1ccnc(C(F)(F)F)n1. The Morgan fingerprint density at radius 3 is 2.50 bits per heavy atom. The second-order valence-corrected chi connectivity index (χ2v) is 14.7. The van der Waals surface area contributed by atoms with Crippen LogP contribution in [0.25, 0.3) is 21.9 Å². The highest BCUT2D eigenvalue weighted by molar-refractivity contribution is 6.05. The van der Waals surface area contributed by atoms with Crippen molar-refractivity contribution < 1.29 is 32.3 Å². The predicted molar refractivity (Wildman–Crippen MR) is 200 cm³/mol. The minimum absolute atomic E-state index is 0.192. The molecule has 18 heteroatoms. The molecule has 5 aromatic rings. The summed E-state index contributed by atoms with van der Waals surface area (Å²) in [4.78, 5) is 62.1. The standard InChI is InChI=1S/C38H41F3N10O5/c1-47-33-28(4-3-5-29(33)51(37(47)55)30-10-11-32(52)45-35(30)54)49-16-14-48(15-17-49)20-22-6-8-24(9-7-22)50-21-23-18-27(31(56-2)19-26(23)46-50)43-34(53)25-12-13-42-36(44-25)38(39,40)41/h3-5,12-13,18-19,21-22,24,30H,6-11,14-17,20H2,1-2H3,(H,43,53)(H,45,52,54)/t22-,24-,30?. The number of alkyl halides is 3. The Hall–Kier alpha value is -5.78. The summed E-state index contributed by atoms with van der Waals surface area (Å²) >= 11 is 0. The van der Waals surface area contributed by atoms with Gasteiger partial charge in [-0.1, -0.05) is 6.07 Å². The first kappa shape index (κ1) is 37.2. The summed E-state index contributed by atoms with van der Waals surface area (Å²) in [7, 11) is 3.17. The van der Waals surface area contributed by atoms with Crippen LogP contribution in [0.3, 0.4) is 0 Å². The number of benzene rings is 2. The summed E-state index contributed by atoms with van der Waals surface area (Å²) in [6.45, 7) is 4.35. The number of para-hydroxylation sites is 1. The molecule has 3 amide bonds. The first-order chi connectivity index (χ1) is 26.9. The zero-order valence-corrected chi connectivity index (χ0v) is 30.9. The van der Waals surface area contributed by atoms with Crippen molar-refractivity contribution in [3.63, 3.8) is 0 Å². The van der Waals surface area contributed by atoms with Gasteiger partial charge in [-0.15, -0.1) is 0 Å². The van der Waals surface area contributed by atoms with E-state index >= 15 is 0 Å². The van der Waals surface area contributed by atoms with Crippen molar-refractivity contribution >= 4 is 51.0 Å². The minimum Gasteiger partial charge on any atom is -0.494 e. The zero-order valence-electron chi connectivity index (χ0n) is 30.9. The lowest BCUT2D eigenvalue weighted by molar-refractivity contribution is -0.145. The van der Waals surface area contributed by atoms with Gasteiger partial charge in [0, 0.05) is 70.0 Å². The Bertz CT molecular complexity index is 2390. The van der Waals surface area contributed by atoms with Crippen LogP contribution < -0.4 is 26.0 Å². The Balaban J connectivity index is 0.877. The van der Waals surface area contributed by atoms with Gasteiger partial charge in [0.25, 0.3) is 5.91 Å². The lowest BCUT2D eigenvalue weighted by Crippen LogP contribution is -2.48. The van der Waals surface area contributed by atoms with Crippen LogP contribution >= 0.6 is 0 Å². The van der Waals surface area contributed by atoms with Crippen LogP contribution in [0.15, 0.2) is 53.6 Å². The highest BCUT2D eigenvalue weighted by atomic mass is 19.4. The van der Waals surface area contributed by atoms with Gasteiger partial charge in [0.1, 0.15) is 17.5 Å². The monoisotopic (exact) mass is 774 g/mol. The fourth-order valence-corrected chi connectivity index (χ4v) is 8.36. The van der Waals surface area contributed by atoms with E-state index in [0.29, 0.717) is 29.1 Å². The van der Waals surface area contributed by atoms with Crippen molar-refractivity contribution in [3.05, 3.63) is 70.8 Å². The van der Waals surface area contributed by atoms with E-state index in [1.807, 2.05) is 29.1 Å². The van der Waals surface area contributed by atoms with Crippen LogP contribution in [-0.2, 0) is 22.8 Å². The molecule has 0 bridgehead atoms. The number of nitrogens with zero attached hydrogens (tertiary/aromatic N) is 8. The number of rotatable bonds is 8. The lowest BCUT2D eigenvalue weighted by Gasteiger charge is -2.39. The van der Waals surface area contributed by atoms with Gasteiger partial charge in [-0.3, -0.25) is 38.4 Å². The van der Waals surface area contributed by atoms with E-state index in [1.54, 1.807) is 23.7 Å². The lowest BCUT2D eigenvalue weighted by atomic mass is 9.85. The molecule has 3 aromatic heterocycles. The van der Waals surface area contributed by atoms with Crippen molar-refractivity contribution in [2.24, 2.45) is 13.0 Å². The second-order valence-electron chi connectivity index (χ2n) is 14.7. The van der Waals surface area contributed by atoms with E-state index in [4.69, 9.17) is 9.84 Å². The number of halogens is 3. The molecule has 2 aromatic carbocycles. The number of nitrogens with one attached hydrogen (secondary N) is 2. The third-order valence-electron chi connectivity index (χ3n) is 11.3. The number of aromatic nitrogens is 6. The highest BCUT2D eigenvalue weighted by Crippen LogP contribution is 2.36. The number of ether oxygens (including phenoxy) is 1. The van der Waals surface area contributed by atoms with Gasteiger partial charge in [0.05, 0.1) is 41.1 Å². The molecular weight excluding hydrogens is 733 g/mol. The predicted octanol–water partition coefficient (Wildman–Crippen LogP) is 4.29. The van der Waals surface area contributed by atoms with Crippen LogP contribution in [0.4, 0.5) is 24.5 Å². The zero-order chi connectivity index (χ0) is 39.3. The Morgan fingerprint density at radius 1 is 1.02 bits per heavy atom. The number of amides is 3. The molecule has 0 spiro atoms. The molecule has 1 saturated carbocycles. The van der Waals surface area contributed by atoms with Gasteiger partial charge in [-0.2, -0.15) is 18.3 Å². The number of imide groups is 1. The topological polar surface area (TPSA) is 162 Å². The molecule has 2 aliphatic heterocycles. The molecular formula is C38H41F3N10O5. The first-order valence-electron chi connectivity index (χ1n) is 18.7. The van der Waals surface area contributed by atoms with E-state index in [2.05, 4.69) is 30.4 Å². The number of methoxy groups -OCH3 is 1. The van der Waals surface area contributed by atoms with Crippen LogP contribution in [0.2, 0.25) is 0 Å². The molecule has 8 rings (SSSR count). The molecule has 1 aliphatic carbocycles. The maximum Gasteiger partial charge on any atom is 0.451 e. The Labute approximate surface area is 318 Å². The van der Waals surface area contributed by atoms with Crippen molar-refractivity contribution in [2.75, 3.05) is 50.1 Å². The maximum absolute atomic E-state index is 13.4. The number of hydrogen-bond acceptors (Lipinski definition) is 10. The average molecular weight is 775 g/mol. The molecule has 15 nitrogen and oxygen atoms in total.